The predicted octanol–water partition coefficient (Wildman–Crippen LogP) is 5.25. The van der Waals surface area contributed by atoms with Crippen molar-refractivity contribution in [1.29, 1.82) is 0 Å². The zero-order valence-corrected chi connectivity index (χ0v) is 14.6. The standard InChI is InChI=1S/C20H23NOS/c1-3-4-5-7-17-8-6-9-20-19(17)14-15-21(20)23(22)18-12-10-16(2)11-13-18/h6,8-15H,3-5,7H2,1-2H3. The first-order chi connectivity index (χ1) is 11.2. The number of fused-ring (bicyclic) bond motifs is 1. The predicted molar refractivity (Wildman–Crippen MR) is 98.2 cm³/mol. The molecule has 0 radical (unpaired) electrons. The molecule has 2 nitrogen and oxygen atoms in total. The fourth-order valence-electron chi connectivity index (χ4n) is 2.90. The van der Waals surface area contributed by atoms with Crippen LogP contribution in [-0.4, -0.2) is 8.18 Å². The second-order valence-electron chi connectivity index (χ2n) is 6.01. The molecule has 23 heavy (non-hydrogen) atoms. The van der Waals surface area contributed by atoms with Gasteiger partial charge < -0.3 is 0 Å². The van der Waals surface area contributed by atoms with Crippen molar-refractivity contribution in [3.05, 3.63) is 65.9 Å². The van der Waals surface area contributed by atoms with Gasteiger partial charge in [0.2, 0.25) is 0 Å². The van der Waals surface area contributed by atoms with Gasteiger partial charge in [-0.3, -0.25) is 3.97 Å². The summed E-state index contributed by atoms with van der Waals surface area (Å²) in [6, 6.07) is 16.3. The summed E-state index contributed by atoms with van der Waals surface area (Å²) in [5.41, 5.74) is 3.59. The molecule has 0 aliphatic carbocycles. The zero-order chi connectivity index (χ0) is 16.2. The molecule has 3 rings (SSSR count). The van der Waals surface area contributed by atoms with Crippen LogP contribution < -0.4 is 0 Å². The summed E-state index contributed by atoms with van der Waals surface area (Å²) in [6.07, 6.45) is 6.74. The second-order valence-corrected chi connectivity index (χ2v) is 7.37. The zero-order valence-electron chi connectivity index (χ0n) is 13.8. The lowest BCUT2D eigenvalue weighted by atomic mass is 10.0. The van der Waals surface area contributed by atoms with Crippen molar-refractivity contribution in [3.63, 3.8) is 0 Å². The molecule has 0 spiro atoms. The van der Waals surface area contributed by atoms with E-state index in [0.717, 1.165) is 16.8 Å². The Morgan fingerprint density at radius 2 is 1.78 bits per heavy atom. The summed E-state index contributed by atoms with van der Waals surface area (Å²) >= 11 is 0. The van der Waals surface area contributed by atoms with Crippen molar-refractivity contribution in [1.82, 2.24) is 3.97 Å². The van der Waals surface area contributed by atoms with E-state index in [1.54, 1.807) is 0 Å². The Labute approximate surface area is 140 Å². The lowest BCUT2D eigenvalue weighted by Gasteiger charge is -2.07. The fourth-order valence-corrected chi connectivity index (χ4v) is 4.01. The minimum Gasteiger partial charge on any atom is -0.263 e. The van der Waals surface area contributed by atoms with Gasteiger partial charge in [-0.1, -0.05) is 49.6 Å². The summed E-state index contributed by atoms with van der Waals surface area (Å²) in [4.78, 5) is 0.837. The van der Waals surface area contributed by atoms with E-state index in [1.807, 2.05) is 41.4 Å². The van der Waals surface area contributed by atoms with Crippen molar-refractivity contribution < 1.29 is 4.21 Å². The number of rotatable bonds is 6. The quantitative estimate of drug-likeness (QED) is 0.567. The van der Waals surface area contributed by atoms with Crippen LogP contribution >= 0.6 is 0 Å². The number of nitrogens with zero attached hydrogens (tertiary/aromatic N) is 1. The molecule has 0 saturated heterocycles. The topological polar surface area (TPSA) is 22.0 Å². The molecule has 0 aliphatic heterocycles. The van der Waals surface area contributed by atoms with Gasteiger partial charge in [0.15, 0.2) is 11.0 Å². The number of aromatic nitrogens is 1. The highest BCUT2D eigenvalue weighted by Gasteiger charge is 2.11. The third-order valence-corrected chi connectivity index (χ3v) is 5.59. The van der Waals surface area contributed by atoms with Crippen LogP contribution in [0.1, 0.15) is 37.3 Å². The van der Waals surface area contributed by atoms with Crippen LogP contribution in [0.5, 0.6) is 0 Å². The highest BCUT2D eigenvalue weighted by Crippen LogP contribution is 2.24. The average molecular weight is 325 g/mol. The molecule has 2 aromatic carbocycles. The van der Waals surface area contributed by atoms with Crippen LogP contribution in [0.2, 0.25) is 0 Å². The second kappa shape index (κ2) is 7.14. The molecular weight excluding hydrogens is 302 g/mol. The highest BCUT2D eigenvalue weighted by molar-refractivity contribution is 7.83. The minimum atomic E-state index is -1.20. The summed E-state index contributed by atoms with van der Waals surface area (Å²) in [5, 5.41) is 1.23. The van der Waals surface area contributed by atoms with Gasteiger partial charge in [-0.05, 0) is 49.6 Å². The lowest BCUT2D eigenvalue weighted by molar-refractivity contribution is 0.678. The summed E-state index contributed by atoms with van der Waals surface area (Å²) in [5.74, 6) is 0. The maximum Gasteiger partial charge on any atom is 0.157 e. The Bertz CT molecular complexity index is 817. The van der Waals surface area contributed by atoms with E-state index in [4.69, 9.17) is 0 Å². The molecule has 0 saturated carbocycles. The molecule has 1 unspecified atom stereocenters. The van der Waals surface area contributed by atoms with Gasteiger partial charge in [-0.15, -0.1) is 0 Å². The molecule has 0 fully saturated rings. The first-order valence-corrected chi connectivity index (χ1v) is 9.39. The molecule has 0 bridgehead atoms. The van der Waals surface area contributed by atoms with E-state index < -0.39 is 11.0 Å². The summed E-state index contributed by atoms with van der Waals surface area (Å²) in [7, 11) is -1.20. The molecule has 1 aromatic heterocycles. The average Bonchev–Trinajstić information content (AvgIpc) is 3.00. The third-order valence-electron chi connectivity index (χ3n) is 4.24. The van der Waals surface area contributed by atoms with Crippen LogP contribution in [0.4, 0.5) is 0 Å². The number of hydrogen-bond acceptors (Lipinski definition) is 1. The van der Waals surface area contributed by atoms with Gasteiger partial charge in [-0.2, -0.15) is 0 Å². The van der Waals surface area contributed by atoms with Crippen LogP contribution in [0.25, 0.3) is 10.9 Å². The molecule has 1 atom stereocenters. The Morgan fingerprint density at radius 3 is 2.52 bits per heavy atom. The Morgan fingerprint density at radius 1 is 1.00 bits per heavy atom. The molecular formula is C20H23NOS. The van der Waals surface area contributed by atoms with E-state index in [-0.39, 0.29) is 0 Å². The molecule has 1 heterocycles. The van der Waals surface area contributed by atoms with Gasteiger partial charge in [0.25, 0.3) is 0 Å². The van der Waals surface area contributed by atoms with E-state index >= 15 is 0 Å². The summed E-state index contributed by atoms with van der Waals surface area (Å²) < 4.78 is 14.8. The van der Waals surface area contributed by atoms with Crippen molar-refractivity contribution in [2.24, 2.45) is 0 Å². The number of aryl methyl sites for hydroxylation is 2. The van der Waals surface area contributed by atoms with Crippen LogP contribution in [-0.2, 0) is 17.4 Å². The van der Waals surface area contributed by atoms with E-state index in [9.17, 15) is 4.21 Å². The molecule has 0 aliphatic rings. The third kappa shape index (κ3) is 3.40. The lowest BCUT2D eigenvalue weighted by Crippen LogP contribution is -2.03. The van der Waals surface area contributed by atoms with Crippen molar-refractivity contribution in [2.45, 2.75) is 44.4 Å². The normalized spacial score (nSPS) is 12.6. The smallest absolute Gasteiger partial charge is 0.157 e. The van der Waals surface area contributed by atoms with E-state index in [0.29, 0.717) is 0 Å². The van der Waals surface area contributed by atoms with Crippen LogP contribution in [0.3, 0.4) is 0 Å². The maximum absolute atomic E-state index is 12.9. The van der Waals surface area contributed by atoms with Gasteiger partial charge in [0.05, 0.1) is 10.4 Å². The Hall–Kier alpha value is -1.87. The number of hydrogen-bond donors (Lipinski definition) is 0. The van der Waals surface area contributed by atoms with Crippen molar-refractivity contribution in [3.8, 4) is 0 Å². The van der Waals surface area contributed by atoms with Crippen molar-refractivity contribution in [2.75, 3.05) is 0 Å². The summed E-state index contributed by atoms with van der Waals surface area (Å²) in [6.45, 7) is 4.27. The minimum absolute atomic E-state index is 0.837. The highest BCUT2D eigenvalue weighted by atomic mass is 32.2. The van der Waals surface area contributed by atoms with Gasteiger partial charge in [0.1, 0.15) is 0 Å². The van der Waals surface area contributed by atoms with Gasteiger partial charge >= 0.3 is 0 Å². The van der Waals surface area contributed by atoms with Gasteiger partial charge in [0, 0.05) is 11.6 Å². The Balaban J connectivity index is 1.94. The monoisotopic (exact) mass is 325 g/mol. The molecule has 3 aromatic rings. The van der Waals surface area contributed by atoms with E-state index in [2.05, 4.69) is 31.2 Å². The van der Waals surface area contributed by atoms with Crippen molar-refractivity contribution >= 4 is 21.9 Å². The van der Waals surface area contributed by atoms with Crippen LogP contribution in [0.15, 0.2) is 59.6 Å². The molecule has 3 heteroatoms. The van der Waals surface area contributed by atoms with E-state index in [1.165, 1.54) is 35.8 Å². The fraction of sp³-hybridized carbons (Fsp3) is 0.300. The van der Waals surface area contributed by atoms with Crippen LogP contribution in [0, 0.1) is 6.92 Å². The first kappa shape index (κ1) is 16.0. The molecule has 0 N–H and O–H groups in total. The Kier molecular flexibility index (Phi) is 4.97. The van der Waals surface area contributed by atoms with Gasteiger partial charge in [-0.25, -0.2) is 4.21 Å². The molecule has 0 amide bonds. The largest absolute Gasteiger partial charge is 0.263 e. The maximum atomic E-state index is 12.9. The number of unbranched alkanes of at least 4 members (excludes halogenated alkanes) is 2. The number of benzene rings is 2. The SMILES string of the molecule is CCCCCc1cccc2c1ccn2S(=O)c1ccc(C)cc1. The first-order valence-electron chi connectivity index (χ1n) is 8.28. The molecule has 120 valence electrons.